The van der Waals surface area contributed by atoms with E-state index >= 15 is 0 Å². The number of fused-ring (bicyclic) bond motifs is 1. The summed E-state index contributed by atoms with van der Waals surface area (Å²) in [6.07, 6.45) is 0. The molecular formula is C9H6ClFOS2. The summed E-state index contributed by atoms with van der Waals surface area (Å²) < 4.78 is 25.6. The second-order valence-electron chi connectivity index (χ2n) is 2.88. The average Bonchev–Trinajstić information content (AvgIpc) is 2.44. The standard InChI is InChI=1S/C9H6ClFOS2/c1-5-7-4-6(11)2-3-8(7)13-9(5)14(10)12/h2-4H,1H3. The molecule has 0 saturated carbocycles. The first-order valence-electron chi connectivity index (χ1n) is 3.86. The second kappa shape index (κ2) is 3.61. The van der Waals surface area contributed by atoms with Crippen molar-refractivity contribution in [3.63, 3.8) is 0 Å². The minimum absolute atomic E-state index is 0.287. The lowest BCUT2D eigenvalue weighted by atomic mass is 10.2. The van der Waals surface area contributed by atoms with E-state index in [0.29, 0.717) is 4.21 Å². The number of thiophene rings is 1. The van der Waals surface area contributed by atoms with Crippen molar-refractivity contribution in [1.29, 1.82) is 0 Å². The lowest BCUT2D eigenvalue weighted by molar-refractivity contribution is 0.629. The molecule has 0 spiro atoms. The molecule has 0 aliphatic heterocycles. The summed E-state index contributed by atoms with van der Waals surface area (Å²) in [5, 5.41) is 0.791. The summed E-state index contributed by atoms with van der Waals surface area (Å²) in [6, 6.07) is 4.50. The van der Waals surface area contributed by atoms with E-state index in [1.165, 1.54) is 23.5 Å². The van der Waals surface area contributed by atoms with Crippen LogP contribution in [0.25, 0.3) is 10.1 Å². The smallest absolute Gasteiger partial charge is 0.158 e. The topological polar surface area (TPSA) is 17.1 Å². The molecule has 0 fully saturated rings. The zero-order valence-corrected chi connectivity index (χ0v) is 9.60. The monoisotopic (exact) mass is 248 g/mol. The van der Waals surface area contributed by atoms with Gasteiger partial charge in [-0.3, -0.25) is 0 Å². The first-order chi connectivity index (χ1) is 6.59. The second-order valence-corrected chi connectivity index (χ2v) is 5.89. The van der Waals surface area contributed by atoms with Gasteiger partial charge in [0, 0.05) is 4.70 Å². The fourth-order valence-corrected chi connectivity index (χ4v) is 3.76. The van der Waals surface area contributed by atoms with Gasteiger partial charge >= 0.3 is 0 Å². The number of rotatable bonds is 1. The Kier molecular flexibility index (Phi) is 2.60. The zero-order chi connectivity index (χ0) is 10.3. The van der Waals surface area contributed by atoms with Crippen molar-refractivity contribution in [2.75, 3.05) is 0 Å². The molecule has 1 atom stereocenters. The van der Waals surface area contributed by atoms with Crippen LogP contribution in [0.4, 0.5) is 4.39 Å². The minimum atomic E-state index is -1.51. The van der Waals surface area contributed by atoms with Crippen LogP contribution >= 0.6 is 22.0 Å². The Balaban J connectivity index is 2.80. The van der Waals surface area contributed by atoms with E-state index in [4.69, 9.17) is 10.7 Å². The van der Waals surface area contributed by atoms with Crippen molar-refractivity contribution < 1.29 is 8.60 Å². The van der Waals surface area contributed by atoms with Crippen molar-refractivity contribution >= 4 is 42.1 Å². The molecule has 0 N–H and O–H groups in total. The van der Waals surface area contributed by atoms with Gasteiger partial charge < -0.3 is 0 Å². The van der Waals surface area contributed by atoms with E-state index in [1.54, 1.807) is 13.0 Å². The minimum Gasteiger partial charge on any atom is -0.236 e. The fourth-order valence-electron chi connectivity index (χ4n) is 1.32. The molecule has 1 nitrogen and oxygen atoms in total. The van der Waals surface area contributed by atoms with Crippen molar-refractivity contribution in [3.05, 3.63) is 29.6 Å². The maximum absolute atomic E-state index is 12.9. The fraction of sp³-hybridized carbons (Fsp3) is 0.111. The molecular weight excluding hydrogens is 243 g/mol. The van der Waals surface area contributed by atoms with Crippen LogP contribution < -0.4 is 0 Å². The molecule has 0 amide bonds. The zero-order valence-electron chi connectivity index (χ0n) is 7.21. The first-order valence-corrected chi connectivity index (χ1v) is 6.65. The van der Waals surface area contributed by atoms with E-state index in [9.17, 15) is 8.60 Å². The van der Waals surface area contributed by atoms with Crippen LogP contribution in [0, 0.1) is 12.7 Å². The normalized spacial score (nSPS) is 13.4. The highest BCUT2D eigenvalue weighted by Gasteiger charge is 2.12. The Morgan fingerprint density at radius 1 is 1.50 bits per heavy atom. The van der Waals surface area contributed by atoms with E-state index in [-0.39, 0.29) is 5.82 Å². The quantitative estimate of drug-likeness (QED) is 0.705. The van der Waals surface area contributed by atoms with E-state index in [0.717, 1.165) is 15.6 Å². The van der Waals surface area contributed by atoms with E-state index in [2.05, 4.69) is 0 Å². The maximum Gasteiger partial charge on any atom is 0.158 e. The SMILES string of the molecule is Cc1c(S(=O)Cl)sc2ccc(F)cc12. The summed E-state index contributed by atoms with van der Waals surface area (Å²) >= 11 is 1.34. The van der Waals surface area contributed by atoms with Crippen LogP contribution in [-0.2, 0) is 10.0 Å². The molecule has 0 aliphatic rings. The van der Waals surface area contributed by atoms with Crippen LogP contribution in [0.5, 0.6) is 0 Å². The lowest BCUT2D eigenvalue weighted by Gasteiger charge is -1.92. The number of hydrogen-bond donors (Lipinski definition) is 0. The molecule has 0 aliphatic carbocycles. The summed E-state index contributed by atoms with van der Waals surface area (Å²) in [6.45, 7) is 1.80. The van der Waals surface area contributed by atoms with E-state index in [1.807, 2.05) is 0 Å². The molecule has 2 aromatic rings. The number of hydrogen-bond acceptors (Lipinski definition) is 2. The number of benzene rings is 1. The van der Waals surface area contributed by atoms with Gasteiger partial charge in [-0.1, -0.05) is 0 Å². The molecule has 0 bridgehead atoms. The van der Waals surface area contributed by atoms with Crippen LogP contribution in [-0.4, -0.2) is 4.21 Å². The highest BCUT2D eigenvalue weighted by molar-refractivity contribution is 8.09. The van der Waals surface area contributed by atoms with Crippen molar-refractivity contribution in [3.8, 4) is 0 Å². The van der Waals surface area contributed by atoms with Crippen LogP contribution in [0.3, 0.4) is 0 Å². The Morgan fingerprint density at radius 2 is 2.21 bits per heavy atom. The third-order valence-electron chi connectivity index (χ3n) is 2.00. The molecule has 1 heterocycles. The maximum atomic E-state index is 12.9. The number of aryl methyl sites for hydroxylation is 1. The van der Waals surface area contributed by atoms with Gasteiger partial charge in [0.05, 0.1) is 0 Å². The molecule has 0 saturated heterocycles. The third kappa shape index (κ3) is 1.58. The van der Waals surface area contributed by atoms with E-state index < -0.39 is 10.0 Å². The predicted octanol–water partition coefficient (Wildman–Crippen LogP) is 3.61. The summed E-state index contributed by atoms with van der Waals surface area (Å²) in [5.74, 6) is -0.287. The van der Waals surface area contributed by atoms with Crippen LogP contribution in [0.1, 0.15) is 5.56 Å². The number of halogens is 2. The molecule has 1 unspecified atom stereocenters. The molecule has 1 aromatic heterocycles. The van der Waals surface area contributed by atoms with Gasteiger partial charge in [0.1, 0.15) is 10.0 Å². The van der Waals surface area contributed by atoms with Crippen molar-refractivity contribution in [1.82, 2.24) is 0 Å². The van der Waals surface area contributed by atoms with Crippen molar-refractivity contribution in [2.24, 2.45) is 0 Å². The predicted molar refractivity (Wildman–Crippen MR) is 58.8 cm³/mol. The molecule has 5 heteroatoms. The van der Waals surface area contributed by atoms with Crippen LogP contribution in [0.15, 0.2) is 22.4 Å². The van der Waals surface area contributed by atoms with Gasteiger partial charge in [-0.25, -0.2) is 8.60 Å². The third-order valence-corrected chi connectivity index (χ3v) is 5.11. The van der Waals surface area contributed by atoms with Gasteiger partial charge in [0.25, 0.3) is 0 Å². The molecule has 2 rings (SSSR count). The summed E-state index contributed by atoms with van der Waals surface area (Å²) in [7, 11) is 4.00. The van der Waals surface area contributed by atoms with Gasteiger partial charge in [-0.2, -0.15) is 0 Å². The van der Waals surface area contributed by atoms with Crippen LogP contribution in [0.2, 0.25) is 0 Å². The Bertz CT molecular complexity index is 521. The summed E-state index contributed by atoms with van der Waals surface area (Å²) in [5.41, 5.74) is 0.804. The first kappa shape index (κ1) is 10.1. The Morgan fingerprint density at radius 3 is 2.86 bits per heavy atom. The molecule has 74 valence electrons. The van der Waals surface area contributed by atoms with Gasteiger partial charge in [-0.15, -0.1) is 11.3 Å². The van der Waals surface area contributed by atoms with Crippen molar-refractivity contribution in [2.45, 2.75) is 11.1 Å². The average molecular weight is 249 g/mol. The lowest BCUT2D eigenvalue weighted by Crippen LogP contribution is -1.79. The molecule has 14 heavy (non-hydrogen) atoms. The largest absolute Gasteiger partial charge is 0.236 e. The van der Waals surface area contributed by atoms with Gasteiger partial charge in [0.2, 0.25) is 0 Å². The Labute approximate surface area is 91.5 Å². The van der Waals surface area contributed by atoms with Gasteiger partial charge in [-0.05, 0) is 46.8 Å². The molecule has 0 radical (unpaired) electrons. The highest BCUT2D eigenvalue weighted by Crippen LogP contribution is 2.34. The highest BCUT2D eigenvalue weighted by atomic mass is 35.7. The molecule has 1 aromatic carbocycles. The van der Waals surface area contributed by atoms with Gasteiger partial charge in [0.15, 0.2) is 10.0 Å². The summed E-state index contributed by atoms with van der Waals surface area (Å²) in [4.78, 5) is 0. The Hall–Kier alpha value is -0.450.